The summed E-state index contributed by atoms with van der Waals surface area (Å²) >= 11 is 6.66. The zero-order chi connectivity index (χ0) is 20.1. The first-order valence-electron chi connectivity index (χ1n) is 8.03. The van der Waals surface area contributed by atoms with E-state index in [0.717, 1.165) is 10.0 Å². The molecule has 0 saturated carbocycles. The number of hydrazone groups is 1. The Morgan fingerprint density at radius 3 is 2.57 bits per heavy atom. The fraction of sp³-hybridized carbons (Fsp3) is 0.0526. The molecule has 1 aromatic heterocycles. The van der Waals surface area contributed by atoms with Gasteiger partial charge >= 0.3 is 0 Å². The van der Waals surface area contributed by atoms with E-state index in [2.05, 4.69) is 42.4 Å². The molecule has 0 aliphatic carbocycles. The second-order valence-electron chi connectivity index (χ2n) is 5.72. The third kappa shape index (κ3) is 5.14. The Kier molecular flexibility index (Phi) is 6.37. The standard InChI is InChI=1S/C19H13Br2N3O4/c20-13-3-1-12(2-4-13)9-19(25)23-22-11-15-6-8-18(28-15)16-7-5-14(24(26)27)10-17(16)21/h1-8,10-11H,9H2,(H,23,25)/b22-11-. The molecule has 3 rings (SSSR count). The number of rotatable bonds is 6. The van der Waals surface area contributed by atoms with Gasteiger partial charge < -0.3 is 4.42 Å². The third-order valence-electron chi connectivity index (χ3n) is 3.71. The summed E-state index contributed by atoms with van der Waals surface area (Å²) in [5.41, 5.74) is 3.98. The number of nitro benzene ring substituents is 1. The summed E-state index contributed by atoms with van der Waals surface area (Å²) < 4.78 is 7.15. The number of nitrogens with zero attached hydrogens (tertiary/aromatic N) is 2. The van der Waals surface area contributed by atoms with Crippen molar-refractivity contribution < 1.29 is 14.1 Å². The van der Waals surface area contributed by atoms with E-state index in [9.17, 15) is 14.9 Å². The molecule has 1 heterocycles. The lowest BCUT2D eigenvalue weighted by Gasteiger charge is -2.01. The van der Waals surface area contributed by atoms with Gasteiger partial charge in [-0.2, -0.15) is 5.10 Å². The maximum atomic E-state index is 11.9. The fourth-order valence-electron chi connectivity index (χ4n) is 2.38. The van der Waals surface area contributed by atoms with Gasteiger partial charge in [0.25, 0.3) is 5.69 Å². The van der Waals surface area contributed by atoms with E-state index in [1.54, 1.807) is 18.2 Å². The van der Waals surface area contributed by atoms with Gasteiger partial charge in [0.05, 0.1) is 17.6 Å². The molecule has 7 nitrogen and oxygen atoms in total. The predicted molar refractivity (Wildman–Crippen MR) is 112 cm³/mol. The van der Waals surface area contributed by atoms with Gasteiger partial charge in [-0.15, -0.1) is 0 Å². The van der Waals surface area contributed by atoms with Gasteiger partial charge in [-0.1, -0.05) is 28.1 Å². The highest BCUT2D eigenvalue weighted by Gasteiger charge is 2.13. The van der Waals surface area contributed by atoms with Gasteiger partial charge in [0, 0.05) is 26.6 Å². The molecule has 9 heteroatoms. The van der Waals surface area contributed by atoms with Crippen LogP contribution in [-0.2, 0) is 11.2 Å². The van der Waals surface area contributed by atoms with Crippen LogP contribution in [0, 0.1) is 10.1 Å². The summed E-state index contributed by atoms with van der Waals surface area (Å²) in [4.78, 5) is 22.3. The molecule has 1 amide bonds. The predicted octanol–water partition coefficient (Wildman–Crippen LogP) is 5.07. The summed E-state index contributed by atoms with van der Waals surface area (Å²) in [5, 5.41) is 14.7. The Hall–Kier alpha value is -2.78. The molecule has 0 spiro atoms. The molecule has 1 N–H and O–H groups in total. The average molecular weight is 507 g/mol. The van der Waals surface area contributed by atoms with Crippen molar-refractivity contribution in [3.63, 3.8) is 0 Å². The number of furan rings is 1. The Morgan fingerprint density at radius 2 is 1.89 bits per heavy atom. The molecule has 0 bridgehead atoms. The monoisotopic (exact) mass is 505 g/mol. The van der Waals surface area contributed by atoms with Crippen LogP contribution in [0.1, 0.15) is 11.3 Å². The number of hydrogen-bond donors (Lipinski definition) is 1. The first kappa shape index (κ1) is 20.0. The summed E-state index contributed by atoms with van der Waals surface area (Å²) in [7, 11) is 0. The summed E-state index contributed by atoms with van der Waals surface area (Å²) in [6, 6.07) is 15.3. The van der Waals surface area contributed by atoms with Crippen molar-refractivity contribution in [2.45, 2.75) is 6.42 Å². The number of halogens is 2. The lowest BCUT2D eigenvalue weighted by molar-refractivity contribution is -0.384. The van der Waals surface area contributed by atoms with Crippen LogP contribution in [0.25, 0.3) is 11.3 Å². The minimum atomic E-state index is -0.467. The van der Waals surface area contributed by atoms with Crippen molar-refractivity contribution in [3.8, 4) is 11.3 Å². The topological polar surface area (TPSA) is 97.7 Å². The first-order valence-corrected chi connectivity index (χ1v) is 9.61. The number of hydrogen-bond acceptors (Lipinski definition) is 5. The molecule has 0 aliphatic rings. The smallest absolute Gasteiger partial charge is 0.270 e. The molecule has 0 radical (unpaired) electrons. The van der Waals surface area contributed by atoms with Gasteiger partial charge in [0.2, 0.25) is 5.91 Å². The number of nitrogens with one attached hydrogen (secondary N) is 1. The van der Waals surface area contributed by atoms with Crippen LogP contribution in [0.3, 0.4) is 0 Å². The van der Waals surface area contributed by atoms with E-state index in [0.29, 0.717) is 21.6 Å². The maximum Gasteiger partial charge on any atom is 0.270 e. The van der Waals surface area contributed by atoms with Crippen molar-refractivity contribution in [2.75, 3.05) is 0 Å². The zero-order valence-corrected chi connectivity index (χ0v) is 17.4. The molecule has 0 unspecified atom stereocenters. The lowest BCUT2D eigenvalue weighted by Crippen LogP contribution is -2.19. The summed E-state index contributed by atoms with van der Waals surface area (Å²) in [6.45, 7) is 0. The largest absolute Gasteiger partial charge is 0.455 e. The van der Waals surface area contributed by atoms with Gasteiger partial charge in [-0.3, -0.25) is 14.9 Å². The molecular weight excluding hydrogens is 494 g/mol. The second kappa shape index (κ2) is 8.94. The lowest BCUT2D eigenvalue weighted by atomic mass is 10.1. The Morgan fingerprint density at radius 1 is 1.14 bits per heavy atom. The van der Waals surface area contributed by atoms with Gasteiger partial charge in [0.15, 0.2) is 0 Å². The van der Waals surface area contributed by atoms with Crippen LogP contribution < -0.4 is 5.43 Å². The molecule has 3 aromatic rings. The van der Waals surface area contributed by atoms with Crippen LogP contribution in [0.15, 0.2) is 73.1 Å². The van der Waals surface area contributed by atoms with E-state index >= 15 is 0 Å². The van der Waals surface area contributed by atoms with Gasteiger partial charge in [0.1, 0.15) is 11.5 Å². The van der Waals surface area contributed by atoms with Crippen molar-refractivity contribution in [2.24, 2.45) is 5.10 Å². The highest BCUT2D eigenvalue weighted by molar-refractivity contribution is 9.10. The Labute approximate surface area is 176 Å². The number of nitro groups is 1. The van der Waals surface area contributed by atoms with Gasteiger partial charge in [-0.25, -0.2) is 5.43 Å². The van der Waals surface area contributed by atoms with Crippen molar-refractivity contribution in [1.82, 2.24) is 5.43 Å². The Bertz CT molecular complexity index is 1050. The van der Waals surface area contributed by atoms with E-state index in [1.165, 1.54) is 18.3 Å². The van der Waals surface area contributed by atoms with E-state index in [4.69, 9.17) is 4.42 Å². The Balaban J connectivity index is 1.62. The summed E-state index contributed by atoms with van der Waals surface area (Å²) in [6.07, 6.45) is 1.60. The average Bonchev–Trinajstić information content (AvgIpc) is 3.12. The fourth-order valence-corrected chi connectivity index (χ4v) is 3.21. The molecule has 0 atom stereocenters. The van der Waals surface area contributed by atoms with E-state index < -0.39 is 4.92 Å². The third-order valence-corrected chi connectivity index (χ3v) is 4.90. The van der Waals surface area contributed by atoms with E-state index in [1.807, 2.05) is 24.3 Å². The number of benzene rings is 2. The van der Waals surface area contributed by atoms with Crippen molar-refractivity contribution >= 4 is 49.7 Å². The maximum absolute atomic E-state index is 11.9. The SMILES string of the molecule is O=C(Cc1ccc(Br)cc1)N/N=C\c1ccc(-c2ccc([N+](=O)[O-])cc2Br)o1. The highest BCUT2D eigenvalue weighted by atomic mass is 79.9. The van der Waals surface area contributed by atoms with Crippen LogP contribution in [-0.4, -0.2) is 17.0 Å². The molecule has 2 aromatic carbocycles. The van der Waals surface area contributed by atoms with Crippen LogP contribution in [0.5, 0.6) is 0 Å². The number of amides is 1. The molecule has 142 valence electrons. The number of non-ortho nitro benzene ring substituents is 1. The minimum Gasteiger partial charge on any atom is -0.455 e. The number of carbonyl (C=O) groups is 1. The molecule has 0 saturated heterocycles. The molecular formula is C19H13Br2N3O4. The molecule has 0 fully saturated rings. The zero-order valence-electron chi connectivity index (χ0n) is 14.3. The van der Waals surface area contributed by atoms with Crippen LogP contribution in [0.2, 0.25) is 0 Å². The summed E-state index contributed by atoms with van der Waals surface area (Å²) in [5.74, 6) is 0.706. The quantitative estimate of drug-likeness (QED) is 0.286. The normalized spacial score (nSPS) is 10.9. The minimum absolute atomic E-state index is 0.0162. The molecule has 0 aliphatic heterocycles. The van der Waals surface area contributed by atoms with Crippen LogP contribution in [0.4, 0.5) is 5.69 Å². The number of carbonyl (C=O) groups excluding carboxylic acids is 1. The first-order chi connectivity index (χ1) is 13.4. The van der Waals surface area contributed by atoms with Crippen LogP contribution >= 0.6 is 31.9 Å². The van der Waals surface area contributed by atoms with Gasteiger partial charge in [-0.05, 0) is 51.8 Å². The van der Waals surface area contributed by atoms with E-state index in [-0.39, 0.29) is 18.0 Å². The highest BCUT2D eigenvalue weighted by Crippen LogP contribution is 2.32. The van der Waals surface area contributed by atoms with Crippen molar-refractivity contribution in [1.29, 1.82) is 0 Å². The molecule has 28 heavy (non-hydrogen) atoms. The second-order valence-corrected chi connectivity index (χ2v) is 7.49. The van der Waals surface area contributed by atoms with Crippen molar-refractivity contribution in [3.05, 3.63) is 85.0 Å².